The summed E-state index contributed by atoms with van der Waals surface area (Å²) in [5, 5.41) is 3.64. The highest BCUT2D eigenvalue weighted by Crippen LogP contribution is 2.36. The van der Waals surface area contributed by atoms with Crippen molar-refractivity contribution in [3.05, 3.63) is 20.3 Å². The van der Waals surface area contributed by atoms with Crippen LogP contribution < -0.4 is 5.32 Å². The zero-order chi connectivity index (χ0) is 11.7. The molecule has 2 rings (SSSR count). The molecule has 1 aromatic heterocycles. The summed E-state index contributed by atoms with van der Waals surface area (Å²) in [5.41, 5.74) is 0.985. The van der Waals surface area contributed by atoms with Crippen LogP contribution in [0.15, 0.2) is 6.07 Å². The van der Waals surface area contributed by atoms with Gasteiger partial charge in [0.1, 0.15) is 0 Å². The lowest BCUT2D eigenvalue weighted by molar-refractivity contribution is 0.580. The maximum atomic E-state index is 11.9. The first-order valence-corrected chi connectivity index (χ1v) is 8.08. The third kappa shape index (κ3) is 2.79. The van der Waals surface area contributed by atoms with Crippen LogP contribution in [0.3, 0.4) is 0 Å². The number of halogens is 2. The van der Waals surface area contributed by atoms with Crippen LogP contribution in [0, 0.1) is 0 Å². The van der Waals surface area contributed by atoms with E-state index in [0.29, 0.717) is 14.4 Å². The van der Waals surface area contributed by atoms with Crippen molar-refractivity contribution in [1.29, 1.82) is 0 Å². The van der Waals surface area contributed by atoms with Crippen molar-refractivity contribution in [2.24, 2.45) is 0 Å². The Morgan fingerprint density at radius 3 is 2.94 bits per heavy atom. The highest BCUT2D eigenvalue weighted by molar-refractivity contribution is 7.85. The normalized spacial score (nSPS) is 31.3. The molecule has 16 heavy (non-hydrogen) atoms. The Labute approximate surface area is 112 Å². The van der Waals surface area contributed by atoms with E-state index in [-0.39, 0.29) is 11.3 Å². The van der Waals surface area contributed by atoms with Crippen LogP contribution in [0.4, 0.5) is 0 Å². The molecule has 2 heterocycles. The summed E-state index contributed by atoms with van der Waals surface area (Å²) in [4.78, 5) is 0. The molecule has 1 aliphatic rings. The highest BCUT2D eigenvalue weighted by Gasteiger charge is 2.25. The molecule has 0 radical (unpaired) electrons. The number of rotatable bonds is 1. The first kappa shape index (κ1) is 12.8. The summed E-state index contributed by atoms with van der Waals surface area (Å²) < 4.78 is 13.3. The van der Waals surface area contributed by atoms with Crippen LogP contribution >= 0.6 is 34.5 Å². The second kappa shape index (κ2) is 5.36. The fourth-order valence-corrected chi connectivity index (χ4v) is 4.68. The molecule has 1 aliphatic heterocycles. The zero-order valence-corrected chi connectivity index (χ0v) is 12.0. The van der Waals surface area contributed by atoms with Gasteiger partial charge in [0.2, 0.25) is 0 Å². The van der Waals surface area contributed by atoms with E-state index in [9.17, 15) is 4.21 Å². The Morgan fingerprint density at radius 2 is 2.31 bits per heavy atom. The molecule has 90 valence electrons. The lowest BCUT2D eigenvalue weighted by Crippen LogP contribution is -2.23. The van der Waals surface area contributed by atoms with Gasteiger partial charge in [-0.05, 0) is 19.0 Å². The van der Waals surface area contributed by atoms with E-state index in [2.05, 4.69) is 5.32 Å². The van der Waals surface area contributed by atoms with Gasteiger partial charge in [0.05, 0.1) is 8.67 Å². The van der Waals surface area contributed by atoms with Crippen LogP contribution in [0.25, 0.3) is 0 Å². The molecule has 3 atom stereocenters. The van der Waals surface area contributed by atoms with Crippen molar-refractivity contribution in [2.45, 2.75) is 24.6 Å². The van der Waals surface area contributed by atoms with Crippen molar-refractivity contribution in [1.82, 2.24) is 5.32 Å². The van der Waals surface area contributed by atoms with Crippen LogP contribution in [-0.2, 0) is 10.8 Å². The minimum absolute atomic E-state index is 0.0713. The van der Waals surface area contributed by atoms with Gasteiger partial charge in [-0.3, -0.25) is 4.21 Å². The average Bonchev–Trinajstić information content (AvgIpc) is 2.46. The molecule has 3 unspecified atom stereocenters. The first-order chi connectivity index (χ1) is 7.58. The lowest BCUT2D eigenvalue weighted by atomic mass is 10.2. The Morgan fingerprint density at radius 1 is 1.56 bits per heavy atom. The van der Waals surface area contributed by atoms with E-state index in [4.69, 9.17) is 23.2 Å². The molecule has 0 bridgehead atoms. The Bertz CT molecular complexity index is 408. The van der Waals surface area contributed by atoms with E-state index in [1.807, 2.05) is 13.0 Å². The van der Waals surface area contributed by atoms with Crippen molar-refractivity contribution in [2.75, 3.05) is 12.3 Å². The molecule has 0 aromatic carbocycles. The summed E-state index contributed by atoms with van der Waals surface area (Å²) in [6.07, 6.45) is 0.943. The highest BCUT2D eigenvalue weighted by atomic mass is 35.5. The van der Waals surface area contributed by atoms with E-state index in [1.165, 1.54) is 11.3 Å². The molecule has 0 saturated carbocycles. The number of hydrogen-bond acceptors (Lipinski definition) is 3. The van der Waals surface area contributed by atoms with E-state index in [1.54, 1.807) is 0 Å². The minimum Gasteiger partial charge on any atom is -0.309 e. The third-order valence-electron chi connectivity index (χ3n) is 2.78. The molecule has 0 aliphatic carbocycles. The monoisotopic (exact) mass is 297 g/mol. The van der Waals surface area contributed by atoms with Gasteiger partial charge in [-0.25, -0.2) is 0 Å². The summed E-state index contributed by atoms with van der Waals surface area (Å²) in [7, 11) is -0.791. The molecule has 2 nitrogen and oxygen atoms in total. The maximum Gasteiger partial charge on any atom is 0.0992 e. The average molecular weight is 298 g/mol. The van der Waals surface area contributed by atoms with Gasteiger partial charge < -0.3 is 5.32 Å². The van der Waals surface area contributed by atoms with Crippen LogP contribution in [-0.4, -0.2) is 21.8 Å². The van der Waals surface area contributed by atoms with Gasteiger partial charge in [0.15, 0.2) is 0 Å². The van der Waals surface area contributed by atoms with Crippen LogP contribution in [0.5, 0.6) is 0 Å². The molecule has 1 N–H and O–H groups in total. The van der Waals surface area contributed by atoms with Crippen molar-refractivity contribution in [3.8, 4) is 0 Å². The van der Waals surface area contributed by atoms with Gasteiger partial charge in [-0.1, -0.05) is 30.1 Å². The molecule has 6 heteroatoms. The quantitative estimate of drug-likeness (QED) is 0.862. The predicted octanol–water partition coefficient (Wildman–Crippen LogP) is 3.23. The molecule has 1 aromatic rings. The molecule has 1 fully saturated rings. The standard InChI is InChI=1S/C10H13Cl2NOS2/c1-6-2-3-13-8(5-16(6)14)7-4-9(11)15-10(7)12/h4,6,8,13H,2-3,5H2,1H3. The molecule has 1 saturated heterocycles. The SMILES string of the molecule is CC1CCNC(c2cc(Cl)sc2Cl)CS1=O. The first-order valence-electron chi connectivity index (χ1n) is 5.13. The van der Waals surface area contributed by atoms with Crippen molar-refractivity contribution < 1.29 is 4.21 Å². The van der Waals surface area contributed by atoms with E-state index >= 15 is 0 Å². The predicted molar refractivity (Wildman–Crippen MR) is 72.2 cm³/mol. The summed E-state index contributed by atoms with van der Waals surface area (Å²) >= 11 is 13.4. The Balaban J connectivity index is 2.21. The smallest absolute Gasteiger partial charge is 0.0992 e. The van der Waals surface area contributed by atoms with Crippen LogP contribution in [0.2, 0.25) is 8.67 Å². The van der Waals surface area contributed by atoms with Gasteiger partial charge in [0, 0.05) is 33.4 Å². The Hall–Kier alpha value is 0.390. The summed E-state index contributed by atoms with van der Waals surface area (Å²) in [6.45, 7) is 2.91. The van der Waals surface area contributed by atoms with Crippen LogP contribution in [0.1, 0.15) is 24.9 Å². The van der Waals surface area contributed by atoms with Gasteiger partial charge in [-0.2, -0.15) is 0 Å². The van der Waals surface area contributed by atoms with E-state index in [0.717, 1.165) is 18.5 Å². The van der Waals surface area contributed by atoms with Gasteiger partial charge in [0.25, 0.3) is 0 Å². The topological polar surface area (TPSA) is 29.1 Å². The summed E-state index contributed by atoms with van der Waals surface area (Å²) in [5.74, 6) is 0.619. The second-order valence-corrected chi connectivity index (χ2v) is 8.12. The largest absolute Gasteiger partial charge is 0.309 e. The third-order valence-corrected chi connectivity index (χ3v) is 6.09. The summed E-state index contributed by atoms with van der Waals surface area (Å²) in [6, 6.07) is 1.95. The molecule has 0 spiro atoms. The fraction of sp³-hybridized carbons (Fsp3) is 0.600. The Kier molecular flexibility index (Phi) is 4.30. The number of hydrogen-bond donors (Lipinski definition) is 1. The maximum absolute atomic E-state index is 11.9. The van der Waals surface area contributed by atoms with Crippen molar-refractivity contribution in [3.63, 3.8) is 0 Å². The zero-order valence-electron chi connectivity index (χ0n) is 8.83. The minimum atomic E-state index is -0.791. The lowest BCUT2D eigenvalue weighted by Gasteiger charge is -2.14. The van der Waals surface area contributed by atoms with Crippen molar-refractivity contribution >= 4 is 45.3 Å². The van der Waals surface area contributed by atoms with Gasteiger partial charge >= 0.3 is 0 Å². The molecule has 0 amide bonds. The molecular formula is C10H13Cl2NOS2. The number of thiophene rings is 1. The van der Waals surface area contributed by atoms with E-state index < -0.39 is 10.8 Å². The fourth-order valence-electron chi connectivity index (χ4n) is 1.77. The molecular weight excluding hydrogens is 285 g/mol. The second-order valence-electron chi connectivity index (χ2n) is 3.93. The van der Waals surface area contributed by atoms with Gasteiger partial charge in [-0.15, -0.1) is 11.3 Å². The number of nitrogens with one attached hydrogen (secondary N) is 1.